The third-order valence-electron chi connectivity index (χ3n) is 3.20. The molecule has 0 spiro atoms. The van der Waals surface area contributed by atoms with Gasteiger partial charge in [0, 0.05) is 11.9 Å². The summed E-state index contributed by atoms with van der Waals surface area (Å²) in [6, 6.07) is 8.09. The van der Waals surface area contributed by atoms with Gasteiger partial charge in [0.2, 0.25) is 12.2 Å². The van der Waals surface area contributed by atoms with Crippen molar-refractivity contribution in [1.82, 2.24) is 5.43 Å². The van der Waals surface area contributed by atoms with Gasteiger partial charge in [-0.05, 0) is 30.2 Å². The largest absolute Gasteiger partial charge is 0.456 e. The zero-order valence-corrected chi connectivity index (χ0v) is 15.2. The van der Waals surface area contributed by atoms with E-state index in [0.717, 1.165) is 28.6 Å². The minimum atomic E-state index is -4.45. The molecule has 0 aliphatic rings. The smallest absolute Gasteiger partial charge is 0.449 e. The number of thioether (sulfide) groups is 1. The lowest BCUT2D eigenvalue weighted by atomic mass is 10.1. The molecule has 0 aliphatic heterocycles. The molecule has 26 heavy (non-hydrogen) atoms. The number of hydrogen-bond acceptors (Lipinski definition) is 6. The predicted octanol–water partition coefficient (Wildman–Crippen LogP) is 3.07. The molecular formula is C16H21F3N4O2S. The van der Waals surface area contributed by atoms with Gasteiger partial charge in [-0.15, -0.1) is 11.8 Å². The maximum Gasteiger partial charge on any atom is 0.449 e. The van der Waals surface area contributed by atoms with Crippen molar-refractivity contribution in [2.24, 2.45) is 11.7 Å². The number of carbonyl (C=O) groups is 1. The molecule has 0 fully saturated rings. The third-order valence-corrected chi connectivity index (χ3v) is 4.39. The molecule has 144 valence electrons. The third kappa shape index (κ3) is 6.28. The Hall–Kier alpha value is -2.17. The number of hydrazine groups is 2. The van der Waals surface area contributed by atoms with E-state index in [1.807, 2.05) is 25.1 Å². The van der Waals surface area contributed by atoms with Gasteiger partial charge in [-0.25, -0.2) is 11.7 Å². The van der Waals surface area contributed by atoms with Crippen LogP contribution < -0.4 is 22.1 Å². The number of alkyl halides is 3. The Balaban J connectivity index is 0.000000765. The second kappa shape index (κ2) is 10.1. The molecule has 1 heterocycles. The summed E-state index contributed by atoms with van der Waals surface area (Å²) in [5, 5.41) is 1.50. The van der Waals surface area contributed by atoms with E-state index in [0.29, 0.717) is 12.2 Å². The molecule has 1 amide bonds. The molecule has 0 bridgehead atoms. The number of hydrogen-bond donors (Lipinski definition) is 3. The van der Waals surface area contributed by atoms with Crippen LogP contribution in [0, 0.1) is 0 Å². The molecule has 1 aromatic heterocycles. The number of carbonyl (C=O) groups excluding carboxylic acids is 1. The first-order valence-corrected chi connectivity index (χ1v) is 8.51. The van der Waals surface area contributed by atoms with Gasteiger partial charge in [-0.3, -0.25) is 10.2 Å². The van der Waals surface area contributed by atoms with Crippen LogP contribution in [-0.2, 0) is 23.1 Å². The second-order valence-electron chi connectivity index (χ2n) is 5.07. The number of nitrogens with zero attached hydrogens (tertiary/aromatic N) is 1. The first-order valence-electron chi connectivity index (χ1n) is 7.53. The number of nitrogens with one attached hydrogen (secondary N) is 1. The van der Waals surface area contributed by atoms with Gasteiger partial charge in [0.1, 0.15) is 5.76 Å². The van der Waals surface area contributed by atoms with E-state index in [-0.39, 0.29) is 5.76 Å². The number of furan rings is 1. The maximum atomic E-state index is 12.5. The lowest BCUT2D eigenvalue weighted by Crippen LogP contribution is -2.25. The second-order valence-corrected chi connectivity index (χ2v) is 6.05. The normalized spacial score (nSPS) is 10.7. The van der Waals surface area contributed by atoms with Crippen molar-refractivity contribution >= 4 is 23.9 Å². The highest BCUT2D eigenvalue weighted by Crippen LogP contribution is 2.36. The Morgan fingerprint density at radius 3 is 2.42 bits per heavy atom. The SMILES string of the molecule is CCc1cccc(N(C)N)c1SCc1ccc(C(F)(F)F)o1.NNC=O. The molecule has 5 N–H and O–H groups in total. The predicted molar refractivity (Wildman–Crippen MR) is 95.1 cm³/mol. The van der Waals surface area contributed by atoms with Crippen LogP contribution in [-0.4, -0.2) is 13.5 Å². The Labute approximate surface area is 153 Å². The first kappa shape index (κ1) is 21.9. The van der Waals surface area contributed by atoms with Gasteiger partial charge >= 0.3 is 6.18 Å². The molecule has 0 atom stereocenters. The maximum absolute atomic E-state index is 12.5. The van der Waals surface area contributed by atoms with Crippen molar-refractivity contribution in [1.29, 1.82) is 0 Å². The molecule has 6 nitrogen and oxygen atoms in total. The minimum absolute atomic E-state index is 0.286. The Kier molecular flexibility index (Phi) is 8.49. The van der Waals surface area contributed by atoms with Crippen molar-refractivity contribution in [3.05, 3.63) is 47.4 Å². The van der Waals surface area contributed by atoms with Crippen LogP contribution in [0.3, 0.4) is 0 Å². The number of aryl methyl sites for hydroxylation is 1. The lowest BCUT2D eigenvalue weighted by molar-refractivity contribution is -0.153. The number of halogens is 3. The van der Waals surface area contributed by atoms with Crippen LogP contribution in [0.2, 0.25) is 0 Å². The molecule has 0 unspecified atom stereocenters. The molecular weight excluding hydrogens is 369 g/mol. The fraction of sp³-hybridized carbons (Fsp3) is 0.312. The van der Waals surface area contributed by atoms with E-state index < -0.39 is 11.9 Å². The highest BCUT2D eigenvalue weighted by Gasteiger charge is 2.34. The van der Waals surface area contributed by atoms with E-state index in [1.54, 1.807) is 12.5 Å². The average molecular weight is 390 g/mol. The summed E-state index contributed by atoms with van der Waals surface area (Å²) >= 11 is 1.42. The zero-order valence-electron chi connectivity index (χ0n) is 14.3. The molecule has 10 heteroatoms. The quantitative estimate of drug-likeness (QED) is 0.231. The van der Waals surface area contributed by atoms with E-state index in [4.69, 9.17) is 15.1 Å². The summed E-state index contributed by atoms with van der Waals surface area (Å²) in [4.78, 5) is 9.90. The molecule has 1 aromatic carbocycles. The Morgan fingerprint density at radius 2 is 1.96 bits per heavy atom. The van der Waals surface area contributed by atoms with Gasteiger partial charge in [0.05, 0.1) is 11.4 Å². The zero-order chi connectivity index (χ0) is 19.7. The highest BCUT2D eigenvalue weighted by atomic mass is 32.2. The number of rotatable bonds is 6. The summed E-state index contributed by atoms with van der Waals surface area (Å²) in [5.41, 5.74) is 3.69. The number of benzene rings is 1. The summed E-state index contributed by atoms with van der Waals surface area (Å²) < 4.78 is 42.4. The van der Waals surface area contributed by atoms with Gasteiger partial charge in [-0.2, -0.15) is 13.2 Å². The summed E-state index contributed by atoms with van der Waals surface area (Å²) in [6.07, 6.45) is -3.23. The van der Waals surface area contributed by atoms with Crippen molar-refractivity contribution in [3.8, 4) is 0 Å². The van der Waals surface area contributed by atoms with Crippen LogP contribution in [0.4, 0.5) is 18.9 Å². The fourth-order valence-corrected chi connectivity index (χ4v) is 3.24. The van der Waals surface area contributed by atoms with E-state index in [9.17, 15) is 13.2 Å². The molecule has 0 radical (unpaired) electrons. The Morgan fingerprint density at radius 1 is 1.31 bits per heavy atom. The fourth-order valence-electron chi connectivity index (χ4n) is 2.05. The molecule has 2 aromatic rings. The minimum Gasteiger partial charge on any atom is -0.456 e. The van der Waals surface area contributed by atoms with Crippen LogP contribution in [0.25, 0.3) is 0 Å². The van der Waals surface area contributed by atoms with Crippen LogP contribution in [0.5, 0.6) is 0 Å². The van der Waals surface area contributed by atoms with Gasteiger partial charge in [-0.1, -0.05) is 19.1 Å². The Bertz CT molecular complexity index is 705. The van der Waals surface area contributed by atoms with Crippen molar-refractivity contribution < 1.29 is 22.4 Å². The monoisotopic (exact) mass is 390 g/mol. The van der Waals surface area contributed by atoms with Gasteiger partial charge in [0.25, 0.3) is 0 Å². The van der Waals surface area contributed by atoms with E-state index >= 15 is 0 Å². The van der Waals surface area contributed by atoms with E-state index in [1.165, 1.54) is 22.8 Å². The first-order chi connectivity index (χ1) is 12.2. The van der Waals surface area contributed by atoms with Crippen LogP contribution in [0.1, 0.15) is 24.0 Å². The lowest BCUT2D eigenvalue weighted by Gasteiger charge is -2.19. The number of anilines is 1. The summed E-state index contributed by atoms with van der Waals surface area (Å²) in [7, 11) is 1.73. The van der Waals surface area contributed by atoms with Crippen molar-refractivity contribution in [2.45, 2.75) is 30.2 Å². The van der Waals surface area contributed by atoms with Crippen LogP contribution in [0.15, 0.2) is 39.6 Å². The molecule has 2 rings (SSSR count). The summed E-state index contributed by atoms with van der Waals surface area (Å²) in [6.45, 7) is 2.02. The molecule has 0 saturated heterocycles. The van der Waals surface area contributed by atoms with Crippen molar-refractivity contribution in [2.75, 3.05) is 12.1 Å². The van der Waals surface area contributed by atoms with E-state index in [2.05, 4.69) is 5.84 Å². The van der Waals surface area contributed by atoms with Gasteiger partial charge < -0.3 is 9.43 Å². The number of nitrogens with two attached hydrogens (primary N) is 2. The highest BCUT2D eigenvalue weighted by molar-refractivity contribution is 7.98. The molecule has 0 saturated carbocycles. The average Bonchev–Trinajstić information content (AvgIpc) is 3.09. The summed E-state index contributed by atoms with van der Waals surface area (Å²) in [5.74, 6) is 9.86. The standard InChI is InChI=1S/C15H17F3N2OS.CH4N2O/c1-3-10-5-4-6-12(20(2)19)14(10)22-9-11-7-8-13(21-11)15(16,17)18;2-3-1-4/h4-8H,3,9,19H2,1-2H3;1H,2H2,(H,3,4). The molecule has 0 aliphatic carbocycles. The van der Waals surface area contributed by atoms with Crippen LogP contribution >= 0.6 is 11.8 Å². The van der Waals surface area contributed by atoms with Crippen molar-refractivity contribution in [3.63, 3.8) is 0 Å². The number of amides is 1. The van der Waals surface area contributed by atoms with Gasteiger partial charge in [0.15, 0.2) is 0 Å². The topological polar surface area (TPSA) is 97.5 Å².